The summed E-state index contributed by atoms with van der Waals surface area (Å²) >= 11 is 3.34. The topological polar surface area (TPSA) is 49.4 Å². The van der Waals surface area contributed by atoms with Crippen LogP contribution < -0.4 is 5.32 Å². The quantitative estimate of drug-likeness (QED) is 0.787. The standard InChI is InChI=1S/C19H21BrN2O2/c1-2-22(14-15-6-4-3-5-7-15)18(23)12-13-21-19(24)16-8-10-17(20)11-9-16/h3-11H,2,12-14H2,1H3,(H,21,24). The highest BCUT2D eigenvalue weighted by Crippen LogP contribution is 2.10. The van der Waals surface area contributed by atoms with Crippen LogP contribution in [0.5, 0.6) is 0 Å². The second-order valence-electron chi connectivity index (χ2n) is 5.41. The molecule has 0 aliphatic carbocycles. The van der Waals surface area contributed by atoms with E-state index >= 15 is 0 Å². The molecule has 0 fully saturated rings. The first-order chi connectivity index (χ1) is 11.6. The molecule has 1 N–H and O–H groups in total. The fourth-order valence-corrected chi connectivity index (χ4v) is 2.59. The van der Waals surface area contributed by atoms with Gasteiger partial charge in [-0.2, -0.15) is 0 Å². The normalized spacial score (nSPS) is 10.2. The highest BCUT2D eigenvalue weighted by atomic mass is 79.9. The predicted molar refractivity (Wildman–Crippen MR) is 98.6 cm³/mol. The Morgan fingerprint density at radius 2 is 1.71 bits per heavy atom. The summed E-state index contributed by atoms with van der Waals surface area (Å²) in [5.74, 6) is -0.126. The van der Waals surface area contributed by atoms with Crippen molar-refractivity contribution in [3.8, 4) is 0 Å². The summed E-state index contributed by atoms with van der Waals surface area (Å²) in [4.78, 5) is 26.1. The highest BCUT2D eigenvalue weighted by molar-refractivity contribution is 9.10. The molecule has 2 aromatic rings. The van der Waals surface area contributed by atoms with Gasteiger partial charge in [0.2, 0.25) is 5.91 Å². The van der Waals surface area contributed by atoms with Gasteiger partial charge in [-0.15, -0.1) is 0 Å². The monoisotopic (exact) mass is 388 g/mol. The van der Waals surface area contributed by atoms with Gasteiger partial charge in [-0.1, -0.05) is 46.3 Å². The third-order valence-corrected chi connectivity index (χ3v) is 4.21. The van der Waals surface area contributed by atoms with E-state index in [1.165, 1.54) is 0 Å². The van der Waals surface area contributed by atoms with E-state index in [9.17, 15) is 9.59 Å². The molecular weight excluding hydrogens is 368 g/mol. The van der Waals surface area contributed by atoms with Gasteiger partial charge < -0.3 is 10.2 Å². The zero-order valence-corrected chi connectivity index (χ0v) is 15.3. The van der Waals surface area contributed by atoms with Crippen molar-refractivity contribution in [2.45, 2.75) is 19.9 Å². The molecule has 0 saturated carbocycles. The summed E-state index contributed by atoms with van der Waals surface area (Å²) in [6.45, 7) is 3.53. The van der Waals surface area contributed by atoms with Crippen LogP contribution in [0.25, 0.3) is 0 Å². The van der Waals surface area contributed by atoms with Gasteiger partial charge in [0.1, 0.15) is 0 Å². The molecule has 2 amide bonds. The molecule has 0 heterocycles. The molecule has 0 unspecified atom stereocenters. The molecule has 2 rings (SSSR count). The van der Waals surface area contributed by atoms with E-state index in [1.807, 2.05) is 49.4 Å². The van der Waals surface area contributed by atoms with Gasteiger partial charge in [0.05, 0.1) is 0 Å². The lowest BCUT2D eigenvalue weighted by Gasteiger charge is -2.21. The van der Waals surface area contributed by atoms with E-state index in [0.717, 1.165) is 10.0 Å². The molecule has 0 spiro atoms. The van der Waals surface area contributed by atoms with E-state index in [4.69, 9.17) is 0 Å². The first-order valence-corrected chi connectivity index (χ1v) is 8.75. The third kappa shape index (κ3) is 5.49. The van der Waals surface area contributed by atoms with Crippen LogP contribution >= 0.6 is 15.9 Å². The lowest BCUT2D eigenvalue weighted by molar-refractivity contribution is -0.131. The van der Waals surface area contributed by atoms with Gasteiger partial charge >= 0.3 is 0 Å². The minimum Gasteiger partial charge on any atom is -0.352 e. The molecule has 0 atom stereocenters. The van der Waals surface area contributed by atoms with Gasteiger partial charge in [0.15, 0.2) is 0 Å². The number of nitrogens with one attached hydrogen (secondary N) is 1. The average molecular weight is 389 g/mol. The molecule has 0 bridgehead atoms. The second-order valence-corrected chi connectivity index (χ2v) is 6.32. The molecule has 0 aromatic heterocycles. The number of nitrogens with zero attached hydrogens (tertiary/aromatic N) is 1. The van der Waals surface area contributed by atoms with Crippen molar-refractivity contribution in [2.75, 3.05) is 13.1 Å². The van der Waals surface area contributed by atoms with Crippen LogP contribution in [-0.4, -0.2) is 29.8 Å². The van der Waals surface area contributed by atoms with Crippen molar-refractivity contribution in [3.63, 3.8) is 0 Å². The SMILES string of the molecule is CCN(Cc1ccccc1)C(=O)CCNC(=O)c1ccc(Br)cc1. The van der Waals surface area contributed by atoms with E-state index in [1.54, 1.807) is 17.0 Å². The van der Waals surface area contributed by atoms with Gasteiger partial charge in [-0.05, 0) is 36.8 Å². The molecule has 0 saturated heterocycles. The minimum atomic E-state index is -0.165. The van der Waals surface area contributed by atoms with Crippen molar-refractivity contribution >= 4 is 27.7 Å². The van der Waals surface area contributed by atoms with Crippen LogP contribution in [0.15, 0.2) is 59.1 Å². The smallest absolute Gasteiger partial charge is 0.251 e. The van der Waals surface area contributed by atoms with Crippen LogP contribution in [0.3, 0.4) is 0 Å². The summed E-state index contributed by atoms with van der Waals surface area (Å²) in [5.41, 5.74) is 1.69. The van der Waals surface area contributed by atoms with E-state index < -0.39 is 0 Å². The summed E-state index contributed by atoms with van der Waals surface area (Å²) < 4.78 is 0.925. The summed E-state index contributed by atoms with van der Waals surface area (Å²) in [6.07, 6.45) is 0.295. The Hall–Kier alpha value is -2.14. The number of hydrogen-bond donors (Lipinski definition) is 1. The van der Waals surface area contributed by atoms with Gasteiger partial charge in [-0.25, -0.2) is 0 Å². The maximum absolute atomic E-state index is 12.3. The summed E-state index contributed by atoms with van der Waals surface area (Å²) in [7, 11) is 0. The molecule has 0 aliphatic rings. The first kappa shape index (κ1) is 18.2. The van der Waals surface area contributed by atoms with Crippen molar-refractivity contribution in [2.24, 2.45) is 0 Å². The van der Waals surface area contributed by atoms with Crippen molar-refractivity contribution < 1.29 is 9.59 Å². The Kier molecular flexibility index (Phi) is 7.00. The third-order valence-electron chi connectivity index (χ3n) is 3.68. The first-order valence-electron chi connectivity index (χ1n) is 7.95. The Morgan fingerprint density at radius 3 is 2.33 bits per heavy atom. The molecule has 24 heavy (non-hydrogen) atoms. The molecule has 0 radical (unpaired) electrons. The van der Waals surface area contributed by atoms with Crippen molar-refractivity contribution in [1.29, 1.82) is 0 Å². The molecular formula is C19H21BrN2O2. The lowest BCUT2D eigenvalue weighted by atomic mass is 10.2. The van der Waals surface area contributed by atoms with Crippen LogP contribution in [0.4, 0.5) is 0 Å². The summed E-state index contributed by atoms with van der Waals surface area (Å²) in [5, 5.41) is 2.79. The number of amides is 2. The number of benzene rings is 2. The zero-order chi connectivity index (χ0) is 17.4. The van der Waals surface area contributed by atoms with Gasteiger partial charge in [-0.3, -0.25) is 9.59 Å². The number of halogens is 1. The van der Waals surface area contributed by atoms with Crippen molar-refractivity contribution in [1.82, 2.24) is 10.2 Å². The lowest BCUT2D eigenvalue weighted by Crippen LogP contribution is -2.34. The van der Waals surface area contributed by atoms with Gasteiger partial charge in [0.25, 0.3) is 5.91 Å². The van der Waals surface area contributed by atoms with Crippen LogP contribution in [0, 0.1) is 0 Å². The molecule has 126 valence electrons. The molecule has 5 heteroatoms. The van der Waals surface area contributed by atoms with E-state index in [0.29, 0.717) is 31.6 Å². The van der Waals surface area contributed by atoms with Crippen LogP contribution in [0.1, 0.15) is 29.3 Å². The highest BCUT2D eigenvalue weighted by Gasteiger charge is 2.12. The Balaban J connectivity index is 1.80. The Labute approximate surface area is 151 Å². The minimum absolute atomic E-state index is 0.0393. The number of rotatable bonds is 7. The zero-order valence-electron chi connectivity index (χ0n) is 13.7. The Morgan fingerprint density at radius 1 is 1.04 bits per heavy atom. The Bertz CT molecular complexity index is 672. The molecule has 0 aliphatic heterocycles. The number of carbonyl (C=O) groups is 2. The fourth-order valence-electron chi connectivity index (χ4n) is 2.32. The number of carbonyl (C=O) groups excluding carboxylic acids is 2. The second kappa shape index (κ2) is 9.23. The summed E-state index contributed by atoms with van der Waals surface area (Å²) in [6, 6.07) is 17.0. The largest absolute Gasteiger partial charge is 0.352 e. The maximum atomic E-state index is 12.3. The van der Waals surface area contributed by atoms with E-state index in [-0.39, 0.29) is 11.8 Å². The predicted octanol–water partition coefficient (Wildman–Crippen LogP) is 3.62. The van der Waals surface area contributed by atoms with Crippen LogP contribution in [-0.2, 0) is 11.3 Å². The molecule has 4 nitrogen and oxygen atoms in total. The van der Waals surface area contributed by atoms with E-state index in [2.05, 4.69) is 21.2 Å². The fraction of sp³-hybridized carbons (Fsp3) is 0.263. The average Bonchev–Trinajstić information content (AvgIpc) is 2.61. The number of hydrogen-bond acceptors (Lipinski definition) is 2. The molecule has 2 aromatic carbocycles. The maximum Gasteiger partial charge on any atom is 0.251 e. The van der Waals surface area contributed by atoms with Crippen LogP contribution in [0.2, 0.25) is 0 Å². The van der Waals surface area contributed by atoms with Gasteiger partial charge in [0, 0.05) is 36.1 Å². The van der Waals surface area contributed by atoms with Crippen molar-refractivity contribution in [3.05, 3.63) is 70.2 Å².